The van der Waals surface area contributed by atoms with Crippen LogP contribution in [0, 0.1) is 6.92 Å². The lowest BCUT2D eigenvalue weighted by molar-refractivity contribution is -0.116. The summed E-state index contributed by atoms with van der Waals surface area (Å²) in [7, 11) is 1.61. The number of anilines is 2. The van der Waals surface area contributed by atoms with Crippen molar-refractivity contribution in [2.24, 2.45) is 0 Å². The summed E-state index contributed by atoms with van der Waals surface area (Å²) >= 11 is 0. The zero-order valence-corrected chi connectivity index (χ0v) is 12.5. The number of rotatable bonds is 5. The smallest absolute Gasteiger partial charge is 0.246 e. The summed E-state index contributed by atoms with van der Waals surface area (Å²) in [4.78, 5) is 12.3. The average molecular weight is 284 g/mol. The molecule has 0 aliphatic heterocycles. The van der Waals surface area contributed by atoms with Crippen molar-refractivity contribution in [1.82, 2.24) is 0 Å². The first-order valence-electron chi connectivity index (χ1n) is 6.88. The Labute approximate surface area is 125 Å². The molecule has 2 rings (SSSR count). The number of benzene rings is 2. The van der Waals surface area contributed by atoms with E-state index in [2.05, 4.69) is 10.6 Å². The molecule has 1 amide bonds. The molecule has 21 heavy (non-hydrogen) atoms. The second-order valence-corrected chi connectivity index (χ2v) is 4.87. The predicted molar refractivity (Wildman–Crippen MR) is 85.9 cm³/mol. The van der Waals surface area contributed by atoms with E-state index in [1.54, 1.807) is 7.11 Å². The lowest BCUT2D eigenvalue weighted by atomic mass is 10.2. The van der Waals surface area contributed by atoms with Gasteiger partial charge in [0.2, 0.25) is 5.91 Å². The van der Waals surface area contributed by atoms with E-state index < -0.39 is 0 Å². The van der Waals surface area contributed by atoms with Crippen LogP contribution in [0.5, 0.6) is 5.75 Å². The minimum Gasteiger partial charge on any atom is -0.495 e. The third-order valence-electron chi connectivity index (χ3n) is 3.28. The molecule has 2 aromatic carbocycles. The fourth-order valence-electron chi connectivity index (χ4n) is 2.02. The SMILES string of the molecule is COc1ccccc1NC(C)C(=O)Nc1ccccc1C. The van der Waals surface area contributed by atoms with Gasteiger partial charge in [-0.2, -0.15) is 0 Å². The van der Waals surface area contributed by atoms with Crippen LogP contribution in [0.25, 0.3) is 0 Å². The van der Waals surface area contributed by atoms with Crippen molar-refractivity contribution in [1.29, 1.82) is 0 Å². The number of hydrogen-bond acceptors (Lipinski definition) is 3. The monoisotopic (exact) mass is 284 g/mol. The molecule has 0 saturated carbocycles. The Balaban J connectivity index is 2.05. The standard InChI is InChI=1S/C17H20N2O2/c1-12-8-4-5-9-14(12)19-17(20)13(2)18-15-10-6-7-11-16(15)21-3/h4-11,13,18H,1-3H3,(H,19,20). The van der Waals surface area contributed by atoms with E-state index in [1.165, 1.54) is 0 Å². The highest BCUT2D eigenvalue weighted by atomic mass is 16.5. The van der Waals surface area contributed by atoms with Crippen molar-refractivity contribution in [3.8, 4) is 5.75 Å². The molecule has 4 heteroatoms. The second kappa shape index (κ2) is 6.79. The highest BCUT2D eigenvalue weighted by molar-refractivity contribution is 5.97. The van der Waals surface area contributed by atoms with Gasteiger partial charge in [0.1, 0.15) is 11.8 Å². The maximum atomic E-state index is 12.3. The van der Waals surface area contributed by atoms with Crippen molar-refractivity contribution in [2.75, 3.05) is 17.7 Å². The van der Waals surface area contributed by atoms with E-state index in [0.29, 0.717) is 5.75 Å². The molecule has 1 unspecified atom stereocenters. The largest absolute Gasteiger partial charge is 0.495 e. The number of para-hydroxylation sites is 3. The summed E-state index contributed by atoms with van der Waals surface area (Å²) in [5, 5.41) is 6.09. The number of amides is 1. The van der Waals surface area contributed by atoms with Crippen LogP contribution in [0.1, 0.15) is 12.5 Å². The molecule has 0 heterocycles. The lowest BCUT2D eigenvalue weighted by Gasteiger charge is -2.18. The highest BCUT2D eigenvalue weighted by Gasteiger charge is 2.15. The van der Waals surface area contributed by atoms with Crippen LogP contribution >= 0.6 is 0 Å². The average Bonchev–Trinajstić information content (AvgIpc) is 2.50. The first-order valence-corrected chi connectivity index (χ1v) is 6.88. The Kier molecular flexibility index (Phi) is 4.82. The minimum atomic E-state index is -0.374. The van der Waals surface area contributed by atoms with Crippen molar-refractivity contribution in [3.05, 3.63) is 54.1 Å². The number of carbonyl (C=O) groups excluding carboxylic acids is 1. The number of aryl methyl sites for hydroxylation is 1. The molecule has 0 radical (unpaired) electrons. The fraction of sp³-hybridized carbons (Fsp3) is 0.235. The number of ether oxygens (including phenoxy) is 1. The van der Waals surface area contributed by atoms with E-state index in [9.17, 15) is 4.79 Å². The molecule has 1 atom stereocenters. The highest BCUT2D eigenvalue weighted by Crippen LogP contribution is 2.24. The van der Waals surface area contributed by atoms with Gasteiger partial charge >= 0.3 is 0 Å². The van der Waals surface area contributed by atoms with Crippen molar-refractivity contribution < 1.29 is 9.53 Å². The zero-order valence-electron chi connectivity index (χ0n) is 12.5. The van der Waals surface area contributed by atoms with Gasteiger partial charge in [-0.05, 0) is 37.6 Å². The quantitative estimate of drug-likeness (QED) is 0.884. The number of carbonyl (C=O) groups is 1. The Bertz CT molecular complexity index is 626. The zero-order chi connectivity index (χ0) is 15.2. The van der Waals surface area contributed by atoms with Gasteiger partial charge < -0.3 is 15.4 Å². The van der Waals surface area contributed by atoms with Crippen LogP contribution in [-0.4, -0.2) is 19.1 Å². The van der Waals surface area contributed by atoms with Crippen molar-refractivity contribution in [2.45, 2.75) is 19.9 Å². The van der Waals surface area contributed by atoms with Crippen LogP contribution in [-0.2, 0) is 4.79 Å². The first-order chi connectivity index (χ1) is 10.1. The molecule has 0 saturated heterocycles. The van der Waals surface area contributed by atoms with Crippen LogP contribution in [0.3, 0.4) is 0 Å². The molecule has 0 bridgehead atoms. The summed E-state index contributed by atoms with van der Waals surface area (Å²) in [5.41, 5.74) is 2.67. The maximum absolute atomic E-state index is 12.3. The van der Waals surface area contributed by atoms with Gasteiger partial charge in [-0.25, -0.2) is 0 Å². The van der Waals surface area contributed by atoms with E-state index in [0.717, 1.165) is 16.9 Å². The van der Waals surface area contributed by atoms with E-state index in [-0.39, 0.29) is 11.9 Å². The summed E-state index contributed by atoms with van der Waals surface area (Å²) in [6.45, 7) is 3.79. The predicted octanol–water partition coefficient (Wildman–Crippen LogP) is 3.44. The number of methoxy groups -OCH3 is 1. The van der Waals surface area contributed by atoms with Gasteiger partial charge in [0, 0.05) is 5.69 Å². The first kappa shape index (κ1) is 14.9. The molecule has 4 nitrogen and oxygen atoms in total. The molecule has 0 fully saturated rings. The van der Waals surface area contributed by atoms with Crippen LogP contribution in [0.2, 0.25) is 0 Å². The van der Waals surface area contributed by atoms with Crippen LogP contribution in [0.15, 0.2) is 48.5 Å². The summed E-state index contributed by atoms with van der Waals surface area (Å²) in [6, 6.07) is 14.9. The molecule has 2 N–H and O–H groups in total. The Morgan fingerprint density at radius 3 is 2.33 bits per heavy atom. The fourth-order valence-corrected chi connectivity index (χ4v) is 2.02. The maximum Gasteiger partial charge on any atom is 0.246 e. The molecular weight excluding hydrogens is 264 g/mol. The van der Waals surface area contributed by atoms with E-state index >= 15 is 0 Å². The summed E-state index contributed by atoms with van der Waals surface area (Å²) in [6.07, 6.45) is 0. The van der Waals surface area contributed by atoms with Crippen LogP contribution in [0.4, 0.5) is 11.4 Å². The molecule has 0 aromatic heterocycles. The van der Waals surface area contributed by atoms with Gasteiger partial charge in [-0.1, -0.05) is 30.3 Å². The second-order valence-electron chi connectivity index (χ2n) is 4.87. The minimum absolute atomic E-state index is 0.0878. The normalized spacial score (nSPS) is 11.6. The van der Waals surface area contributed by atoms with Gasteiger partial charge in [0.05, 0.1) is 12.8 Å². The van der Waals surface area contributed by atoms with E-state index in [4.69, 9.17) is 4.74 Å². The molecule has 0 spiro atoms. The van der Waals surface area contributed by atoms with E-state index in [1.807, 2.05) is 62.4 Å². The topological polar surface area (TPSA) is 50.4 Å². The third-order valence-corrected chi connectivity index (χ3v) is 3.28. The molecule has 0 aliphatic carbocycles. The van der Waals surface area contributed by atoms with Gasteiger partial charge in [-0.3, -0.25) is 4.79 Å². The van der Waals surface area contributed by atoms with Crippen molar-refractivity contribution >= 4 is 17.3 Å². The summed E-state index contributed by atoms with van der Waals surface area (Å²) in [5.74, 6) is 0.628. The molecule has 110 valence electrons. The number of hydrogen-bond donors (Lipinski definition) is 2. The Morgan fingerprint density at radius 2 is 1.67 bits per heavy atom. The van der Waals surface area contributed by atoms with Crippen LogP contribution < -0.4 is 15.4 Å². The van der Waals surface area contributed by atoms with Gasteiger partial charge in [0.15, 0.2) is 0 Å². The summed E-state index contributed by atoms with van der Waals surface area (Å²) < 4.78 is 5.27. The lowest BCUT2D eigenvalue weighted by Crippen LogP contribution is -2.32. The van der Waals surface area contributed by atoms with Crippen molar-refractivity contribution in [3.63, 3.8) is 0 Å². The Morgan fingerprint density at radius 1 is 1.05 bits per heavy atom. The molecular formula is C17H20N2O2. The van der Waals surface area contributed by atoms with Gasteiger partial charge in [-0.15, -0.1) is 0 Å². The molecule has 2 aromatic rings. The number of nitrogens with one attached hydrogen (secondary N) is 2. The third kappa shape index (κ3) is 3.75. The molecule has 0 aliphatic rings. The Hall–Kier alpha value is -2.49. The van der Waals surface area contributed by atoms with Gasteiger partial charge in [0.25, 0.3) is 0 Å².